The number of rotatable bonds is 5. The standard InChI is InChI=1S/C15H14ClNO2S/c16-12-5-2-1-4-11(12)7-8-15(19)17-10-13(18)14-6-3-9-20-14/h1-9,13,18H,10H2,(H,17,19)/b8-7+. The highest BCUT2D eigenvalue weighted by molar-refractivity contribution is 7.10. The Morgan fingerprint density at radius 3 is 2.85 bits per heavy atom. The van der Waals surface area contributed by atoms with Crippen molar-refractivity contribution in [2.75, 3.05) is 6.54 Å². The average Bonchev–Trinajstić information content (AvgIpc) is 2.98. The Morgan fingerprint density at radius 1 is 1.35 bits per heavy atom. The summed E-state index contributed by atoms with van der Waals surface area (Å²) in [6.45, 7) is 0.187. The van der Waals surface area contributed by atoms with Crippen LogP contribution in [0.4, 0.5) is 0 Å². The van der Waals surface area contributed by atoms with E-state index in [2.05, 4.69) is 5.32 Å². The molecule has 104 valence electrons. The van der Waals surface area contributed by atoms with Crippen LogP contribution in [0.1, 0.15) is 16.5 Å². The number of amides is 1. The number of hydrogen-bond acceptors (Lipinski definition) is 3. The molecule has 20 heavy (non-hydrogen) atoms. The summed E-state index contributed by atoms with van der Waals surface area (Å²) in [4.78, 5) is 12.5. The number of aliphatic hydroxyl groups is 1. The normalized spacial score (nSPS) is 12.5. The number of benzene rings is 1. The molecule has 1 unspecified atom stereocenters. The molecule has 3 nitrogen and oxygen atoms in total. The summed E-state index contributed by atoms with van der Waals surface area (Å²) in [6.07, 6.45) is 2.38. The Morgan fingerprint density at radius 2 is 2.15 bits per heavy atom. The minimum Gasteiger partial charge on any atom is -0.386 e. The summed E-state index contributed by atoms with van der Waals surface area (Å²) in [7, 11) is 0. The van der Waals surface area contributed by atoms with Crippen LogP contribution in [0.25, 0.3) is 6.08 Å². The molecule has 1 atom stereocenters. The Labute approximate surface area is 126 Å². The summed E-state index contributed by atoms with van der Waals surface area (Å²) in [6, 6.07) is 11.0. The summed E-state index contributed by atoms with van der Waals surface area (Å²) >= 11 is 7.44. The lowest BCUT2D eigenvalue weighted by Crippen LogP contribution is -2.26. The molecular weight excluding hydrogens is 294 g/mol. The van der Waals surface area contributed by atoms with Crippen molar-refractivity contribution in [3.05, 3.63) is 63.3 Å². The molecule has 0 saturated heterocycles. The van der Waals surface area contributed by atoms with Gasteiger partial charge in [-0.1, -0.05) is 35.9 Å². The first-order chi connectivity index (χ1) is 9.66. The highest BCUT2D eigenvalue weighted by atomic mass is 35.5. The number of hydrogen-bond donors (Lipinski definition) is 2. The second-order valence-electron chi connectivity index (χ2n) is 4.13. The third-order valence-electron chi connectivity index (χ3n) is 2.66. The minimum atomic E-state index is -0.673. The van der Waals surface area contributed by atoms with E-state index in [4.69, 9.17) is 11.6 Å². The maximum absolute atomic E-state index is 11.7. The Hall–Kier alpha value is -1.62. The van der Waals surface area contributed by atoms with Crippen molar-refractivity contribution >= 4 is 34.9 Å². The highest BCUT2D eigenvalue weighted by Crippen LogP contribution is 2.18. The van der Waals surface area contributed by atoms with Crippen LogP contribution in [-0.4, -0.2) is 17.6 Å². The maximum atomic E-state index is 11.7. The van der Waals surface area contributed by atoms with Crippen molar-refractivity contribution in [1.82, 2.24) is 5.32 Å². The largest absolute Gasteiger partial charge is 0.386 e. The predicted octanol–water partition coefficient (Wildman–Crippen LogP) is 3.26. The molecule has 1 aromatic heterocycles. The molecule has 0 spiro atoms. The highest BCUT2D eigenvalue weighted by Gasteiger charge is 2.08. The van der Waals surface area contributed by atoms with Crippen molar-refractivity contribution in [3.63, 3.8) is 0 Å². The minimum absolute atomic E-state index is 0.187. The second-order valence-corrected chi connectivity index (χ2v) is 5.52. The fourth-order valence-electron chi connectivity index (χ4n) is 1.61. The van der Waals surface area contributed by atoms with Crippen molar-refractivity contribution < 1.29 is 9.90 Å². The molecule has 1 amide bonds. The second kappa shape index (κ2) is 7.24. The van der Waals surface area contributed by atoms with Crippen LogP contribution in [0.3, 0.4) is 0 Å². The molecule has 0 aliphatic heterocycles. The van der Waals surface area contributed by atoms with E-state index < -0.39 is 6.10 Å². The van der Waals surface area contributed by atoms with Crippen LogP contribution in [-0.2, 0) is 4.79 Å². The summed E-state index contributed by atoms with van der Waals surface area (Å²) in [5, 5.41) is 15.0. The van der Waals surface area contributed by atoms with Gasteiger partial charge in [-0.3, -0.25) is 4.79 Å². The van der Waals surface area contributed by atoms with Gasteiger partial charge in [-0.15, -0.1) is 11.3 Å². The Balaban J connectivity index is 1.85. The molecule has 0 aliphatic carbocycles. The van der Waals surface area contributed by atoms with E-state index in [1.165, 1.54) is 17.4 Å². The first-order valence-corrected chi connectivity index (χ1v) is 7.34. The molecule has 0 bridgehead atoms. The number of thiophene rings is 1. The van der Waals surface area contributed by atoms with Gasteiger partial charge in [-0.25, -0.2) is 0 Å². The first-order valence-electron chi connectivity index (χ1n) is 6.08. The van der Waals surface area contributed by atoms with E-state index in [1.807, 2.05) is 35.7 Å². The van der Waals surface area contributed by atoms with Crippen LogP contribution < -0.4 is 5.32 Å². The molecule has 0 aliphatic rings. The molecule has 0 fully saturated rings. The van der Waals surface area contributed by atoms with Crippen LogP contribution in [0.5, 0.6) is 0 Å². The van der Waals surface area contributed by atoms with E-state index >= 15 is 0 Å². The van der Waals surface area contributed by atoms with Gasteiger partial charge < -0.3 is 10.4 Å². The molecule has 2 N–H and O–H groups in total. The topological polar surface area (TPSA) is 49.3 Å². The molecule has 2 rings (SSSR count). The third kappa shape index (κ3) is 4.20. The van der Waals surface area contributed by atoms with Crippen molar-refractivity contribution in [1.29, 1.82) is 0 Å². The lowest BCUT2D eigenvalue weighted by atomic mass is 10.2. The van der Waals surface area contributed by atoms with Gasteiger partial charge in [0.1, 0.15) is 6.10 Å². The molecular formula is C15H14ClNO2S. The zero-order chi connectivity index (χ0) is 14.4. The van der Waals surface area contributed by atoms with E-state index in [-0.39, 0.29) is 12.5 Å². The van der Waals surface area contributed by atoms with E-state index in [1.54, 1.807) is 12.1 Å². The molecule has 2 aromatic rings. The zero-order valence-electron chi connectivity index (χ0n) is 10.6. The van der Waals surface area contributed by atoms with Crippen molar-refractivity contribution in [3.8, 4) is 0 Å². The first kappa shape index (κ1) is 14.8. The van der Waals surface area contributed by atoms with Gasteiger partial charge in [0.2, 0.25) is 5.91 Å². The number of aliphatic hydroxyl groups excluding tert-OH is 1. The fourth-order valence-corrected chi connectivity index (χ4v) is 2.52. The summed E-state index contributed by atoms with van der Waals surface area (Å²) < 4.78 is 0. The van der Waals surface area contributed by atoms with Gasteiger partial charge in [0, 0.05) is 22.5 Å². The van der Waals surface area contributed by atoms with E-state index in [0.29, 0.717) is 5.02 Å². The number of carbonyl (C=O) groups is 1. The molecule has 1 heterocycles. The zero-order valence-corrected chi connectivity index (χ0v) is 12.2. The Bertz CT molecular complexity index is 596. The maximum Gasteiger partial charge on any atom is 0.244 e. The van der Waals surface area contributed by atoms with Crippen LogP contribution in [0.15, 0.2) is 47.9 Å². The van der Waals surface area contributed by atoms with Gasteiger partial charge in [0.05, 0.1) is 0 Å². The predicted molar refractivity (Wildman–Crippen MR) is 82.8 cm³/mol. The smallest absolute Gasteiger partial charge is 0.244 e. The van der Waals surface area contributed by atoms with Gasteiger partial charge in [-0.05, 0) is 29.2 Å². The summed E-state index contributed by atoms with van der Waals surface area (Å²) in [5.41, 5.74) is 0.781. The van der Waals surface area contributed by atoms with Gasteiger partial charge in [-0.2, -0.15) is 0 Å². The van der Waals surface area contributed by atoms with Crippen molar-refractivity contribution in [2.45, 2.75) is 6.10 Å². The van der Waals surface area contributed by atoms with E-state index in [0.717, 1.165) is 10.4 Å². The molecule has 0 radical (unpaired) electrons. The van der Waals surface area contributed by atoms with E-state index in [9.17, 15) is 9.90 Å². The fraction of sp³-hybridized carbons (Fsp3) is 0.133. The molecule has 0 saturated carbocycles. The summed E-state index contributed by atoms with van der Waals surface area (Å²) in [5.74, 6) is -0.263. The quantitative estimate of drug-likeness (QED) is 0.833. The van der Waals surface area contributed by atoms with Gasteiger partial charge in [0.25, 0.3) is 0 Å². The average molecular weight is 308 g/mol. The number of halogens is 1. The van der Waals surface area contributed by atoms with Gasteiger partial charge >= 0.3 is 0 Å². The van der Waals surface area contributed by atoms with Crippen LogP contribution >= 0.6 is 22.9 Å². The van der Waals surface area contributed by atoms with Gasteiger partial charge in [0.15, 0.2) is 0 Å². The number of nitrogens with one attached hydrogen (secondary N) is 1. The van der Waals surface area contributed by atoms with Crippen LogP contribution in [0.2, 0.25) is 5.02 Å². The monoisotopic (exact) mass is 307 g/mol. The SMILES string of the molecule is O=C(/C=C/c1ccccc1Cl)NCC(O)c1cccs1. The lowest BCUT2D eigenvalue weighted by Gasteiger charge is -2.08. The van der Waals surface area contributed by atoms with Crippen LogP contribution in [0, 0.1) is 0 Å². The number of carbonyl (C=O) groups excluding carboxylic acids is 1. The molecule has 1 aromatic carbocycles. The third-order valence-corrected chi connectivity index (χ3v) is 3.98. The lowest BCUT2D eigenvalue weighted by molar-refractivity contribution is -0.116. The molecule has 5 heteroatoms. The Kier molecular flexibility index (Phi) is 5.35. The van der Waals surface area contributed by atoms with Crippen molar-refractivity contribution in [2.24, 2.45) is 0 Å².